The monoisotopic (exact) mass is 662 g/mol. The number of rotatable bonds is 5. The largest absolute Gasteiger partial charge is 0.256 e. The van der Waals surface area contributed by atoms with Gasteiger partial charge in [0.25, 0.3) is 0 Å². The normalized spacial score (nSPS) is 11.5. The molecule has 10 rings (SSSR count). The van der Waals surface area contributed by atoms with Crippen molar-refractivity contribution in [1.29, 1.82) is 0 Å². The molecule has 7 aromatic carbocycles. The molecule has 52 heavy (non-hydrogen) atoms. The van der Waals surface area contributed by atoms with E-state index in [1.165, 1.54) is 21.5 Å². The number of fused-ring (bicyclic) bond motifs is 4. The maximum Gasteiger partial charge on any atom is 0.160 e. The van der Waals surface area contributed by atoms with Crippen LogP contribution in [0.2, 0.25) is 0 Å². The second-order valence-electron chi connectivity index (χ2n) is 13.2. The van der Waals surface area contributed by atoms with Crippen LogP contribution in [0.15, 0.2) is 182 Å². The summed E-state index contributed by atoms with van der Waals surface area (Å²) in [5, 5.41) is 9.20. The van der Waals surface area contributed by atoms with Gasteiger partial charge in [-0.1, -0.05) is 121 Å². The van der Waals surface area contributed by atoms with Gasteiger partial charge in [0.1, 0.15) is 0 Å². The van der Waals surface area contributed by atoms with Crippen LogP contribution in [0.25, 0.3) is 99.5 Å². The van der Waals surface area contributed by atoms with Crippen molar-refractivity contribution in [3.05, 3.63) is 182 Å². The van der Waals surface area contributed by atoms with Crippen molar-refractivity contribution >= 4 is 43.1 Å². The van der Waals surface area contributed by atoms with Crippen LogP contribution in [0.1, 0.15) is 0 Å². The first kappa shape index (κ1) is 29.8. The van der Waals surface area contributed by atoms with Crippen LogP contribution in [-0.4, -0.2) is 19.9 Å². The summed E-state index contributed by atoms with van der Waals surface area (Å²) < 4.78 is 0. The van der Waals surface area contributed by atoms with Crippen LogP contribution in [-0.2, 0) is 0 Å². The molecule has 0 spiro atoms. The predicted octanol–water partition coefficient (Wildman–Crippen LogP) is 12.2. The van der Waals surface area contributed by atoms with E-state index in [4.69, 9.17) is 19.9 Å². The molecular formula is C48H30N4. The fraction of sp³-hybridized carbons (Fsp3) is 0. The molecule has 3 aromatic heterocycles. The average Bonchev–Trinajstić information content (AvgIpc) is 3.22. The number of hydrogen-bond acceptors (Lipinski definition) is 4. The summed E-state index contributed by atoms with van der Waals surface area (Å²) in [4.78, 5) is 20.4. The second-order valence-corrected chi connectivity index (χ2v) is 13.2. The van der Waals surface area contributed by atoms with Crippen molar-refractivity contribution in [2.75, 3.05) is 0 Å². The van der Waals surface area contributed by atoms with Crippen LogP contribution in [0.3, 0.4) is 0 Å². The third-order valence-corrected chi connectivity index (χ3v) is 9.86. The highest BCUT2D eigenvalue weighted by Gasteiger charge is 2.16. The molecule has 0 aliphatic carbocycles. The van der Waals surface area contributed by atoms with Crippen LogP contribution < -0.4 is 0 Å². The fourth-order valence-corrected chi connectivity index (χ4v) is 7.10. The highest BCUT2D eigenvalue weighted by molar-refractivity contribution is 5.91. The first-order valence-electron chi connectivity index (χ1n) is 17.4. The SMILES string of the molecule is c1ccc2cc(-c3cc(-c4ccc5ccccc5c4)nc(-c4cc(-c5cc6ccccc6cn5)cc(-c5cc6ccccc6cn5)c4)n3)ccc2c1. The Bertz CT molecular complexity index is 2580. The molecule has 0 N–H and O–H groups in total. The Hall–Kier alpha value is -7.04. The Labute approximate surface area is 300 Å². The first-order chi connectivity index (χ1) is 25.7. The van der Waals surface area contributed by atoms with E-state index in [0.29, 0.717) is 5.82 Å². The topological polar surface area (TPSA) is 51.6 Å². The summed E-state index contributed by atoms with van der Waals surface area (Å²) in [6.07, 6.45) is 3.89. The summed E-state index contributed by atoms with van der Waals surface area (Å²) in [6.45, 7) is 0. The van der Waals surface area contributed by atoms with E-state index in [1.807, 2.05) is 24.5 Å². The number of nitrogens with zero attached hydrogens (tertiary/aromatic N) is 4. The van der Waals surface area contributed by atoms with Gasteiger partial charge in [0.2, 0.25) is 0 Å². The molecule has 0 aliphatic rings. The van der Waals surface area contributed by atoms with Gasteiger partial charge in [-0.3, -0.25) is 9.97 Å². The summed E-state index contributed by atoms with van der Waals surface area (Å²) in [5.74, 6) is 0.637. The first-order valence-corrected chi connectivity index (χ1v) is 17.4. The van der Waals surface area contributed by atoms with Crippen molar-refractivity contribution in [2.45, 2.75) is 0 Å². The van der Waals surface area contributed by atoms with E-state index in [0.717, 1.165) is 72.1 Å². The fourth-order valence-electron chi connectivity index (χ4n) is 7.10. The molecule has 0 bridgehead atoms. The molecule has 0 radical (unpaired) electrons. The Morgan fingerprint density at radius 2 is 0.635 bits per heavy atom. The second kappa shape index (κ2) is 12.4. The van der Waals surface area contributed by atoms with Crippen molar-refractivity contribution in [3.63, 3.8) is 0 Å². The highest BCUT2D eigenvalue weighted by atomic mass is 14.9. The van der Waals surface area contributed by atoms with Crippen LogP contribution >= 0.6 is 0 Å². The standard InChI is InChI=1S/C48H30N4/c1-3-11-33-21-37(19-17-31(33)9-1)46-28-47(38-20-18-32-10-2-4-12-34(32)22-38)52-48(51-46)43-24-41(44-26-35-13-5-7-15-39(35)29-49-44)23-42(25-43)45-27-36-14-6-8-16-40(36)30-50-45/h1-30H. The van der Waals surface area contributed by atoms with E-state index in [1.54, 1.807) is 0 Å². The van der Waals surface area contributed by atoms with Gasteiger partial charge >= 0.3 is 0 Å². The van der Waals surface area contributed by atoms with Gasteiger partial charge in [0.15, 0.2) is 5.82 Å². The maximum absolute atomic E-state index is 5.29. The molecule has 0 fully saturated rings. The van der Waals surface area contributed by atoms with Crippen molar-refractivity contribution in [1.82, 2.24) is 19.9 Å². The molecule has 0 amide bonds. The van der Waals surface area contributed by atoms with E-state index < -0.39 is 0 Å². The molecular weight excluding hydrogens is 633 g/mol. The molecule has 4 heteroatoms. The molecule has 0 saturated heterocycles. The minimum absolute atomic E-state index is 0.637. The quantitative estimate of drug-likeness (QED) is 0.184. The highest BCUT2D eigenvalue weighted by Crippen LogP contribution is 2.35. The van der Waals surface area contributed by atoms with Crippen LogP contribution in [0.4, 0.5) is 0 Å². The third kappa shape index (κ3) is 5.53. The predicted molar refractivity (Wildman–Crippen MR) is 215 cm³/mol. The Morgan fingerprint density at radius 3 is 1.10 bits per heavy atom. The van der Waals surface area contributed by atoms with Gasteiger partial charge in [-0.05, 0) is 80.8 Å². The average molecular weight is 663 g/mol. The number of benzene rings is 7. The van der Waals surface area contributed by atoms with E-state index in [9.17, 15) is 0 Å². The van der Waals surface area contributed by atoms with Crippen molar-refractivity contribution in [3.8, 4) is 56.4 Å². The van der Waals surface area contributed by atoms with Gasteiger partial charge in [0, 0.05) is 51.0 Å². The zero-order chi connectivity index (χ0) is 34.4. The zero-order valence-electron chi connectivity index (χ0n) is 28.1. The number of hydrogen-bond donors (Lipinski definition) is 0. The lowest BCUT2D eigenvalue weighted by atomic mass is 9.98. The minimum atomic E-state index is 0.637. The van der Waals surface area contributed by atoms with Crippen LogP contribution in [0, 0.1) is 0 Å². The van der Waals surface area contributed by atoms with Gasteiger partial charge in [-0.15, -0.1) is 0 Å². The van der Waals surface area contributed by atoms with Gasteiger partial charge in [-0.25, -0.2) is 9.97 Å². The van der Waals surface area contributed by atoms with Gasteiger partial charge in [-0.2, -0.15) is 0 Å². The van der Waals surface area contributed by atoms with Gasteiger partial charge < -0.3 is 0 Å². The molecule has 0 saturated carbocycles. The molecule has 0 aliphatic heterocycles. The molecule has 242 valence electrons. The van der Waals surface area contributed by atoms with E-state index in [-0.39, 0.29) is 0 Å². The maximum atomic E-state index is 5.29. The molecule has 0 atom stereocenters. The Balaban J connectivity index is 1.21. The van der Waals surface area contributed by atoms with E-state index >= 15 is 0 Å². The third-order valence-electron chi connectivity index (χ3n) is 9.86. The number of pyridine rings is 2. The van der Waals surface area contributed by atoms with Gasteiger partial charge in [0.05, 0.1) is 22.8 Å². The lowest BCUT2D eigenvalue weighted by Gasteiger charge is -2.13. The molecule has 10 aromatic rings. The summed E-state index contributed by atoms with van der Waals surface area (Å²) in [6, 6.07) is 59.5. The lowest BCUT2D eigenvalue weighted by molar-refractivity contribution is 1.18. The Morgan fingerprint density at radius 1 is 0.250 bits per heavy atom. The zero-order valence-corrected chi connectivity index (χ0v) is 28.1. The number of aromatic nitrogens is 4. The summed E-state index contributed by atoms with van der Waals surface area (Å²) in [5.41, 5.74) is 8.38. The van der Waals surface area contributed by atoms with Crippen molar-refractivity contribution in [2.24, 2.45) is 0 Å². The minimum Gasteiger partial charge on any atom is -0.256 e. The van der Waals surface area contributed by atoms with Crippen molar-refractivity contribution < 1.29 is 0 Å². The molecule has 4 nitrogen and oxygen atoms in total. The van der Waals surface area contributed by atoms with E-state index in [2.05, 4.69) is 158 Å². The molecule has 0 unspecified atom stereocenters. The Kier molecular flexibility index (Phi) is 7.10. The summed E-state index contributed by atoms with van der Waals surface area (Å²) >= 11 is 0. The van der Waals surface area contributed by atoms with Crippen LogP contribution in [0.5, 0.6) is 0 Å². The summed E-state index contributed by atoms with van der Waals surface area (Å²) in [7, 11) is 0. The molecule has 3 heterocycles. The lowest BCUT2D eigenvalue weighted by Crippen LogP contribution is -1.97. The smallest absolute Gasteiger partial charge is 0.160 e.